The number of amides is 1. The number of hydrogen-bond acceptors (Lipinski definition) is 2. The Morgan fingerprint density at radius 2 is 2.00 bits per heavy atom. The van der Waals surface area contributed by atoms with Gasteiger partial charge in [0.05, 0.1) is 11.1 Å². The summed E-state index contributed by atoms with van der Waals surface area (Å²) in [5.41, 5.74) is 1.84. The number of nitrogens with zero attached hydrogens (tertiary/aromatic N) is 1. The molecule has 5 fully saturated rings. The molecular formula is C25H33FN2O. The molecule has 29 heavy (non-hydrogen) atoms. The van der Waals surface area contributed by atoms with Crippen molar-refractivity contribution in [1.29, 1.82) is 0 Å². The van der Waals surface area contributed by atoms with Gasteiger partial charge in [-0.2, -0.15) is 0 Å². The van der Waals surface area contributed by atoms with E-state index >= 15 is 0 Å². The van der Waals surface area contributed by atoms with Crippen LogP contribution in [-0.4, -0.2) is 30.9 Å². The first kappa shape index (κ1) is 19.4. The molecule has 1 N–H and O–H groups in total. The average molecular weight is 397 g/mol. The molecule has 156 valence electrons. The van der Waals surface area contributed by atoms with Crippen molar-refractivity contribution in [2.75, 3.05) is 13.1 Å². The summed E-state index contributed by atoms with van der Waals surface area (Å²) in [5.74, 6) is 0.582. The molecule has 4 saturated carbocycles. The van der Waals surface area contributed by atoms with Gasteiger partial charge in [0.1, 0.15) is 0 Å². The summed E-state index contributed by atoms with van der Waals surface area (Å²) < 4.78 is 14.4. The predicted molar refractivity (Wildman–Crippen MR) is 114 cm³/mol. The Morgan fingerprint density at radius 3 is 2.76 bits per heavy atom. The SMILES string of the molecule is CCCC12CC3CC(C(=O)/N=C4\CCNC[C@@H]4F)(C1)C[C@@](c1ccccc1)(C3)C2. The smallest absolute Gasteiger partial charge is 0.251 e. The van der Waals surface area contributed by atoms with Crippen molar-refractivity contribution >= 4 is 11.6 Å². The maximum absolute atomic E-state index is 14.4. The summed E-state index contributed by atoms with van der Waals surface area (Å²) >= 11 is 0. The highest BCUT2D eigenvalue weighted by Gasteiger charge is 2.65. The Hall–Kier alpha value is -1.55. The maximum atomic E-state index is 14.4. The third-order valence-electron chi connectivity index (χ3n) is 8.29. The fourth-order valence-corrected chi connectivity index (χ4v) is 7.89. The van der Waals surface area contributed by atoms with Crippen LogP contribution in [-0.2, 0) is 10.2 Å². The summed E-state index contributed by atoms with van der Waals surface area (Å²) in [5, 5.41) is 3.06. The van der Waals surface area contributed by atoms with Gasteiger partial charge >= 0.3 is 0 Å². The molecule has 5 atom stereocenters. The lowest BCUT2D eigenvalue weighted by molar-refractivity contribution is -0.160. The molecule has 3 nitrogen and oxygen atoms in total. The quantitative estimate of drug-likeness (QED) is 0.779. The van der Waals surface area contributed by atoms with E-state index in [-0.39, 0.29) is 28.7 Å². The third kappa shape index (κ3) is 3.19. The van der Waals surface area contributed by atoms with Gasteiger partial charge in [0.15, 0.2) is 6.17 Å². The number of carbonyl (C=O) groups is 1. The number of benzene rings is 1. The lowest BCUT2D eigenvalue weighted by atomic mass is 9.37. The van der Waals surface area contributed by atoms with E-state index in [9.17, 15) is 9.18 Å². The van der Waals surface area contributed by atoms with Crippen LogP contribution in [0.3, 0.4) is 0 Å². The number of piperidine rings is 1. The van der Waals surface area contributed by atoms with Crippen molar-refractivity contribution < 1.29 is 9.18 Å². The van der Waals surface area contributed by atoms with E-state index in [0.717, 1.165) is 32.2 Å². The van der Waals surface area contributed by atoms with Gasteiger partial charge < -0.3 is 5.32 Å². The zero-order chi connectivity index (χ0) is 20.1. The van der Waals surface area contributed by atoms with E-state index in [0.29, 0.717) is 18.1 Å². The minimum atomic E-state index is -1.12. The molecule has 1 heterocycles. The Kier molecular flexibility index (Phi) is 4.69. The summed E-state index contributed by atoms with van der Waals surface area (Å²) in [4.78, 5) is 18.1. The van der Waals surface area contributed by atoms with Crippen LogP contribution < -0.4 is 5.32 Å². The third-order valence-corrected chi connectivity index (χ3v) is 8.29. The summed E-state index contributed by atoms with van der Waals surface area (Å²) in [6, 6.07) is 10.9. The predicted octanol–water partition coefficient (Wildman–Crippen LogP) is 4.99. The van der Waals surface area contributed by atoms with E-state index in [4.69, 9.17) is 0 Å². The largest absolute Gasteiger partial charge is 0.313 e. The van der Waals surface area contributed by atoms with Gasteiger partial charge in [0, 0.05) is 19.5 Å². The fraction of sp³-hybridized carbons (Fsp3) is 0.680. The maximum Gasteiger partial charge on any atom is 0.251 e. The zero-order valence-electron chi connectivity index (χ0n) is 17.6. The number of hydrogen-bond donors (Lipinski definition) is 1. The van der Waals surface area contributed by atoms with Gasteiger partial charge in [-0.3, -0.25) is 4.79 Å². The number of rotatable bonds is 4. The Balaban J connectivity index is 1.54. The number of nitrogens with one attached hydrogen (secondary N) is 1. The van der Waals surface area contributed by atoms with Crippen LogP contribution in [0.2, 0.25) is 0 Å². The van der Waals surface area contributed by atoms with E-state index in [2.05, 4.69) is 47.6 Å². The first-order valence-corrected chi connectivity index (χ1v) is 11.5. The van der Waals surface area contributed by atoms with E-state index in [1.807, 2.05) is 0 Å². The summed E-state index contributed by atoms with van der Waals surface area (Å²) in [6.45, 7) is 3.27. The molecule has 0 aromatic heterocycles. The first-order chi connectivity index (χ1) is 14.0. The fourth-order valence-electron chi connectivity index (χ4n) is 7.89. The van der Waals surface area contributed by atoms with Crippen LogP contribution in [0.25, 0.3) is 0 Å². The molecule has 3 unspecified atom stereocenters. The minimum Gasteiger partial charge on any atom is -0.313 e. The van der Waals surface area contributed by atoms with Gasteiger partial charge in [-0.15, -0.1) is 0 Å². The lowest BCUT2D eigenvalue weighted by Crippen LogP contribution is -2.60. The van der Waals surface area contributed by atoms with Crippen molar-refractivity contribution in [3.63, 3.8) is 0 Å². The van der Waals surface area contributed by atoms with E-state index in [1.54, 1.807) is 0 Å². The van der Waals surface area contributed by atoms with Gasteiger partial charge in [-0.25, -0.2) is 9.38 Å². The molecule has 0 spiro atoms. The van der Waals surface area contributed by atoms with E-state index < -0.39 is 6.17 Å². The molecule has 4 bridgehead atoms. The highest BCUT2D eigenvalue weighted by atomic mass is 19.1. The second kappa shape index (κ2) is 7.01. The Labute approximate surface area is 173 Å². The highest BCUT2D eigenvalue weighted by molar-refractivity contribution is 6.01. The van der Waals surface area contributed by atoms with Gasteiger partial charge in [-0.05, 0) is 67.3 Å². The van der Waals surface area contributed by atoms with Crippen molar-refractivity contribution in [1.82, 2.24) is 5.32 Å². The molecule has 1 aromatic carbocycles. The monoisotopic (exact) mass is 396 g/mol. The molecule has 5 aliphatic rings. The molecule has 1 aliphatic heterocycles. The minimum absolute atomic E-state index is 0.0121. The second-order valence-electron chi connectivity index (χ2n) is 10.5. The van der Waals surface area contributed by atoms with Crippen LogP contribution in [0.5, 0.6) is 0 Å². The van der Waals surface area contributed by atoms with Crippen LogP contribution in [0.15, 0.2) is 35.3 Å². The number of alkyl halides is 1. The van der Waals surface area contributed by atoms with Gasteiger partial charge in [-0.1, -0.05) is 43.7 Å². The lowest BCUT2D eigenvalue weighted by Gasteiger charge is -2.66. The van der Waals surface area contributed by atoms with Gasteiger partial charge in [0.25, 0.3) is 5.91 Å². The molecule has 1 aromatic rings. The zero-order valence-corrected chi connectivity index (χ0v) is 17.6. The first-order valence-electron chi connectivity index (χ1n) is 11.5. The van der Waals surface area contributed by atoms with Crippen LogP contribution >= 0.6 is 0 Å². The van der Waals surface area contributed by atoms with Crippen molar-refractivity contribution in [2.24, 2.45) is 21.7 Å². The Morgan fingerprint density at radius 1 is 1.17 bits per heavy atom. The average Bonchev–Trinajstić information content (AvgIpc) is 2.69. The van der Waals surface area contributed by atoms with E-state index in [1.165, 1.54) is 31.2 Å². The van der Waals surface area contributed by atoms with Crippen molar-refractivity contribution in [2.45, 2.75) is 76.3 Å². The van der Waals surface area contributed by atoms with Crippen LogP contribution in [0, 0.1) is 16.7 Å². The topological polar surface area (TPSA) is 41.5 Å². The molecule has 4 aliphatic carbocycles. The normalized spacial score (nSPS) is 42.3. The number of carbonyl (C=O) groups excluding carboxylic acids is 1. The number of halogens is 1. The van der Waals surface area contributed by atoms with Crippen molar-refractivity contribution in [3.05, 3.63) is 35.9 Å². The molecule has 4 heteroatoms. The summed E-state index contributed by atoms with van der Waals surface area (Å²) in [7, 11) is 0. The standard InChI is InChI=1S/C25H33FN2O/c1-2-9-23-11-18-12-24(15-23,19-6-4-3-5-7-19)17-25(13-18,16-23)22(29)28-21-8-10-27-14-20(21)26/h3-7,18,20,27H,2,8-17H2,1H3/b28-21+/t18?,20-,23?,24+,25?/m0/s1. The Bertz CT molecular complexity index is 823. The van der Waals surface area contributed by atoms with Crippen LogP contribution in [0.4, 0.5) is 4.39 Å². The summed E-state index contributed by atoms with van der Waals surface area (Å²) in [6.07, 6.45) is 8.27. The second-order valence-corrected chi connectivity index (χ2v) is 10.5. The molecule has 1 saturated heterocycles. The highest BCUT2D eigenvalue weighted by Crippen LogP contribution is 2.71. The van der Waals surface area contributed by atoms with Gasteiger partial charge in [0.2, 0.25) is 0 Å². The molecule has 1 amide bonds. The molecule has 0 radical (unpaired) electrons. The van der Waals surface area contributed by atoms with Crippen molar-refractivity contribution in [3.8, 4) is 0 Å². The number of aliphatic imine (C=N–C) groups is 1. The molecule has 6 rings (SSSR count). The molecular weight excluding hydrogens is 363 g/mol. The van der Waals surface area contributed by atoms with Crippen LogP contribution in [0.1, 0.15) is 70.3 Å².